The minimum Gasteiger partial charge on any atom is -0.445 e. The number of ether oxygens (including phenoxy) is 2. The number of carbonyl (C=O) groups excluding carboxylic acids is 1. The van der Waals surface area contributed by atoms with Gasteiger partial charge in [-0.25, -0.2) is 9.18 Å². The second-order valence-electron chi connectivity index (χ2n) is 8.32. The van der Waals surface area contributed by atoms with Gasteiger partial charge in [-0.2, -0.15) is 0 Å². The zero-order valence-electron chi connectivity index (χ0n) is 17.1. The van der Waals surface area contributed by atoms with Crippen molar-refractivity contribution in [3.63, 3.8) is 0 Å². The summed E-state index contributed by atoms with van der Waals surface area (Å²) in [5, 5.41) is 11.3. The van der Waals surface area contributed by atoms with Crippen molar-refractivity contribution in [2.75, 3.05) is 0 Å². The Bertz CT molecular complexity index is 952. The summed E-state index contributed by atoms with van der Waals surface area (Å²) in [6.07, 6.45) is -3.02. The molecule has 0 aliphatic carbocycles. The van der Waals surface area contributed by atoms with E-state index in [0.717, 1.165) is 24.1 Å². The number of rotatable bonds is 4. The molecular weight excluding hydrogens is 430 g/mol. The number of alkyl halides is 3. The lowest BCUT2D eigenvalue weighted by Crippen LogP contribution is -2.58. The monoisotopic (exact) mass is 453 g/mol. The molecule has 2 aliphatic heterocycles. The van der Waals surface area contributed by atoms with Crippen molar-refractivity contribution >= 4 is 6.09 Å². The maximum atomic E-state index is 14.2. The van der Waals surface area contributed by atoms with E-state index in [1.807, 2.05) is 30.3 Å². The number of benzene rings is 2. The number of amides is 1. The van der Waals surface area contributed by atoms with Crippen molar-refractivity contribution in [1.82, 2.24) is 4.90 Å². The normalized spacial score (nSPS) is 25.3. The van der Waals surface area contributed by atoms with Crippen LogP contribution in [-0.2, 0) is 16.9 Å². The van der Waals surface area contributed by atoms with Crippen LogP contribution in [0.1, 0.15) is 43.2 Å². The van der Waals surface area contributed by atoms with Crippen LogP contribution < -0.4 is 4.74 Å². The second-order valence-corrected chi connectivity index (χ2v) is 8.32. The summed E-state index contributed by atoms with van der Waals surface area (Å²) < 4.78 is 60.6. The third kappa shape index (κ3) is 4.82. The summed E-state index contributed by atoms with van der Waals surface area (Å²) in [7, 11) is 0. The Balaban J connectivity index is 1.48. The minimum absolute atomic E-state index is 0.131. The lowest BCUT2D eigenvalue weighted by Gasteiger charge is -2.51. The number of nitrogens with zero attached hydrogens (tertiary/aromatic N) is 1. The maximum Gasteiger partial charge on any atom is 0.573 e. The highest BCUT2D eigenvalue weighted by atomic mass is 19.4. The van der Waals surface area contributed by atoms with Gasteiger partial charge in [-0.15, -0.1) is 13.2 Å². The van der Waals surface area contributed by atoms with Crippen LogP contribution in [0.3, 0.4) is 0 Å². The molecule has 2 bridgehead atoms. The molecule has 32 heavy (non-hydrogen) atoms. The fourth-order valence-electron chi connectivity index (χ4n) is 4.75. The van der Waals surface area contributed by atoms with E-state index in [-0.39, 0.29) is 37.1 Å². The van der Waals surface area contributed by atoms with E-state index >= 15 is 0 Å². The molecule has 0 spiro atoms. The Morgan fingerprint density at radius 2 is 1.75 bits per heavy atom. The van der Waals surface area contributed by atoms with Gasteiger partial charge in [0.05, 0.1) is 5.60 Å². The highest BCUT2D eigenvalue weighted by Gasteiger charge is 2.49. The van der Waals surface area contributed by atoms with Gasteiger partial charge in [-0.1, -0.05) is 36.4 Å². The summed E-state index contributed by atoms with van der Waals surface area (Å²) in [6.45, 7) is 0.131. The van der Waals surface area contributed by atoms with Crippen LogP contribution in [0.2, 0.25) is 0 Å². The van der Waals surface area contributed by atoms with Crippen molar-refractivity contribution in [1.29, 1.82) is 0 Å². The van der Waals surface area contributed by atoms with Gasteiger partial charge in [0, 0.05) is 24.9 Å². The predicted molar refractivity (Wildman–Crippen MR) is 106 cm³/mol. The number of carbonyl (C=O) groups is 1. The molecule has 2 aliphatic rings. The van der Waals surface area contributed by atoms with E-state index in [2.05, 4.69) is 4.74 Å². The molecule has 2 unspecified atom stereocenters. The van der Waals surface area contributed by atoms with E-state index < -0.39 is 29.6 Å². The molecule has 2 atom stereocenters. The number of piperidine rings is 2. The van der Waals surface area contributed by atoms with Crippen LogP contribution in [0, 0.1) is 5.82 Å². The summed E-state index contributed by atoms with van der Waals surface area (Å²) in [6, 6.07) is 11.6. The highest BCUT2D eigenvalue weighted by molar-refractivity contribution is 5.69. The van der Waals surface area contributed by atoms with Gasteiger partial charge < -0.3 is 19.5 Å². The largest absolute Gasteiger partial charge is 0.573 e. The molecule has 2 aromatic carbocycles. The van der Waals surface area contributed by atoms with Gasteiger partial charge in [0.1, 0.15) is 6.61 Å². The first-order chi connectivity index (χ1) is 15.1. The van der Waals surface area contributed by atoms with Gasteiger partial charge in [0.15, 0.2) is 11.6 Å². The van der Waals surface area contributed by atoms with Crippen LogP contribution in [0.5, 0.6) is 5.75 Å². The third-order valence-corrected chi connectivity index (χ3v) is 6.12. The van der Waals surface area contributed by atoms with Crippen molar-refractivity contribution in [3.05, 3.63) is 65.5 Å². The molecule has 1 N–H and O–H groups in total. The molecule has 172 valence electrons. The third-order valence-electron chi connectivity index (χ3n) is 6.12. The SMILES string of the molecule is O=C(OCc1ccccc1)N1C2CCCC1CC(O)(c1ccc(OC(F)(F)F)c(F)c1)C2. The van der Waals surface area contributed by atoms with Gasteiger partial charge in [-0.3, -0.25) is 0 Å². The summed E-state index contributed by atoms with van der Waals surface area (Å²) in [5.41, 5.74) is -0.446. The number of hydrogen-bond donors (Lipinski definition) is 1. The topological polar surface area (TPSA) is 59.0 Å². The van der Waals surface area contributed by atoms with Crippen LogP contribution in [0.4, 0.5) is 22.4 Å². The standard InChI is InChI=1S/C23H23F4NO4/c24-19-11-16(9-10-20(19)32-23(25,26)27)22(30)12-17-7-4-8-18(13-22)28(17)21(29)31-14-15-5-2-1-3-6-15/h1-3,5-6,9-11,17-18,30H,4,7-8,12-14H2. The van der Waals surface area contributed by atoms with Gasteiger partial charge in [0.25, 0.3) is 0 Å². The molecule has 2 heterocycles. The fraction of sp³-hybridized carbons (Fsp3) is 0.435. The molecule has 5 nitrogen and oxygen atoms in total. The quantitative estimate of drug-likeness (QED) is 0.642. The molecule has 0 aromatic heterocycles. The maximum absolute atomic E-state index is 14.2. The van der Waals surface area contributed by atoms with Gasteiger partial charge >= 0.3 is 12.5 Å². The average molecular weight is 453 g/mol. The molecule has 9 heteroatoms. The number of aliphatic hydroxyl groups is 1. The number of fused-ring (bicyclic) bond motifs is 2. The Morgan fingerprint density at radius 3 is 2.34 bits per heavy atom. The van der Waals surface area contributed by atoms with Gasteiger partial charge in [-0.05, 0) is 42.5 Å². The molecule has 2 aromatic rings. The first kappa shape index (κ1) is 22.4. The smallest absolute Gasteiger partial charge is 0.445 e. The van der Waals surface area contributed by atoms with Crippen molar-refractivity contribution in [2.45, 2.75) is 62.8 Å². The Labute approximate surface area is 182 Å². The average Bonchev–Trinajstić information content (AvgIpc) is 2.72. The zero-order chi connectivity index (χ0) is 22.9. The van der Waals surface area contributed by atoms with Crippen LogP contribution >= 0.6 is 0 Å². The predicted octanol–water partition coefficient (Wildman–Crippen LogP) is 5.27. The Hall–Kier alpha value is -2.81. The summed E-state index contributed by atoms with van der Waals surface area (Å²) in [4.78, 5) is 14.5. The van der Waals surface area contributed by atoms with Crippen LogP contribution in [0.25, 0.3) is 0 Å². The zero-order valence-corrected chi connectivity index (χ0v) is 17.1. The first-order valence-electron chi connectivity index (χ1n) is 10.4. The van der Waals surface area contributed by atoms with Crippen molar-refractivity contribution in [2.24, 2.45) is 0 Å². The molecule has 2 saturated heterocycles. The van der Waals surface area contributed by atoms with Crippen LogP contribution in [-0.4, -0.2) is 34.5 Å². The first-order valence-corrected chi connectivity index (χ1v) is 10.4. The molecule has 2 fully saturated rings. The number of halogens is 4. The Morgan fingerprint density at radius 1 is 1.09 bits per heavy atom. The molecule has 1 amide bonds. The number of hydrogen-bond acceptors (Lipinski definition) is 4. The summed E-state index contributed by atoms with van der Waals surface area (Å²) in [5.74, 6) is -2.16. The molecule has 4 rings (SSSR count). The van der Waals surface area contributed by atoms with E-state index in [4.69, 9.17) is 4.74 Å². The van der Waals surface area contributed by atoms with Gasteiger partial charge in [0.2, 0.25) is 0 Å². The lowest BCUT2D eigenvalue weighted by atomic mass is 9.72. The Kier molecular flexibility index (Phi) is 6.03. The lowest BCUT2D eigenvalue weighted by molar-refractivity contribution is -0.275. The van der Waals surface area contributed by atoms with Crippen molar-refractivity contribution < 1.29 is 36.9 Å². The van der Waals surface area contributed by atoms with E-state index in [1.54, 1.807) is 4.90 Å². The van der Waals surface area contributed by atoms with E-state index in [1.165, 1.54) is 6.07 Å². The second kappa shape index (κ2) is 8.61. The molecule has 0 radical (unpaired) electrons. The van der Waals surface area contributed by atoms with E-state index in [9.17, 15) is 27.5 Å². The highest BCUT2D eigenvalue weighted by Crippen LogP contribution is 2.45. The molecule has 0 saturated carbocycles. The van der Waals surface area contributed by atoms with E-state index in [0.29, 0.717) is 12.8 Å². The minimum atomic E-state index is -5.01. The molecular formula is C23H23F4NO4. The van der Waals surface area contributed by atoms with Crippen LogP contribution in [0.15, 0.2) is 48.5 Å². The summed E-state index contributed by atoms with van der Waals surface area (Å²) >= 11 is 0. The van der Waals surface area contributed by atoms with Crippen molar-refractivity contribution in [3.8, 4) is 5.75 Å². The fourth-order valence-corrected chi connectivity index (χ4v) is 4.75.